The molecule has 0 aliphatic heterocycles. The molecule has 0 bridgehead atoms. The predicted octanol–water partition coefficient (Wildman–Crippen LogP) is 1.91. The molecule has 9 heteroatoms. The molecule has 0 aliphatic carbocycles. The van der Waals surface area contributed by atoms with E-state index in [4.69, 9.17) is 16.7 Å². The Morgan fingerprint density at radius 1 is 1.48 bits per heavy atom. The van der Waals surface area contributed by atoms with Crippen molar-refractivity contribution in [2.45, 2.75) is 11.7 Å². The predicted molar refractivity (Wildman–Crippen MR) is 82.8 cm³/mol. The van der Waals surface area contributed by atoms with Crippen LogP contribution in [0.15, 0.2) is 23.4 Å². The minimum absolute atomic E-state index is 0.0400. The van der Waals surface area contributed by atoms with Crippen LogP contribution in [0.4, 0.5) is 0 Å². The average molecular weight is 349 g/mol. The maximum Gasteiger partial charge on any atom is 0.313 e. The van der Waals surface area contributed by atoms with E-state index in [0.717, 1.165) is 23.5 Å². The number of thioether (sulfide) groups is 1. The Morgan fingerprint density at radius 2 is 2.19 bits per heavy atom. The van der Waals surface area contributed by atoms with E-state index in [2.05, 4.69) is 4.98 Å². The highest BCUT2D eigenvalue weighted by Gasteiger charge is 2.14. The number of carboxylic acids is 1. The SMILES string of the molecule is CS(=O)(=O)CCn1c(SCC(=O)O)nc2cc(Cl)ccc21. The van der Waals surface area contributed by atoms with Gasteiger partial charge in [-0.3, -0.25) is 4.79 Å². The maximum atomic E-state index is 11.3. The molecule has 0 unspecified atom stereocenters. The fourth-order valence-corrected chi connectivity index (χ4v) is 3.23. The number of halogens is 1. The Bertz CT molecular complexity index is 786. The Balaban J connectivity index is 2.41. The van der Waals surface area contributed by atoms with Crippen molar-refractivity contribution < 1.29 is 18.3 Å². The summed E-state index contributed by atoms with van der Waals surface area (Å²) in [6.07, 6.45) is 1.16. The number of sulfone groups is 1. The quantitative estimate of drug-likeness (QED) is 0.802. The molecule has 2 aromatic rings. The molecule has 1 aromatic carbocycles. The number of aryl methyl sites for hydroxylation is 1. The molecule has 0 atom stereocenters. The van der Waals surface area contributed by atoms with Gasteiger partial charge < -0.3 is 9.67 Å². The van der Waals surface area contributed by atoms with Crippen LogP contribution in [0.2, 0.25) is 5.02 Å². The third-order valence-corrected chi connectivity index (χ3v) is 4.81. The zero-order valence-electron chi connectivity index (χ0n) is 11.1. The minimum atomic E-state index is -3.13. The molecule has 1 N–H and O–H groups in total. The number of imidazole rings is 1. The first kappa shape index (κ1) is 16.1. The Morgan fingerprint density at radius 3 is 2.81 bits per heavy atom. The van der Waals surface area contributed by atoms with Gasteiger partial charge in [-0.1, -0.05) is 23.4 Å². The summed E-state index contributed by atoms with van der Waals surface area (Å²) in [5.74, 6) is -1.14. The van der Waals surface area contributed by atoms with Crippen molar-refractivity contribution in [3.8, 4) is 0 Å². The molecule has 1 aromatic heterocycles. The summed E-state index contributed by atoms with van der Waals surface area (Å²) in [4.78, 5) is 15.0. The standard InChI is InChI=1S/C12H13ClN2O4S2/c1-21(18,19)5-4-15-10-3-2-8(13)6-9(10)14-12(15)20-7-11(16)17/h2-3,6H,4-5,7H2,1H3,(H,16,17). The van der Waals surface area contributed by atoms with Crippen molar-refractivity contribution in [3.63, 3.8) is 0 Å². The first-order valence-electron chi connectivity index (χ1n) is 5.94. The van der Waals surface area contributed by atoms with Crippen LogP contribution in [-0.4, -0.2) is 46.8 Å². The van der Waals surface area contributed by atoms with Crippen LogP contribution in [0.1, 0.15) is 0 Å². The van der Waals surface area contributed by atoms with Gasteiger partial charge in [-0.2, -0.15) is 0 Å². The van der Waals surface area contributed by atoms with Gasteiger partial charge in [0.05, 0.1) is 22.5 Å². The number of rotatable bonds is 6. The van der Waals surface area contributed by atoms with Gasteiger partial charge in [0.2, 0.25) is 0 Å². The van der Waals surface area contributed by atoms with E-state index < -0.39 is 15.8 Å². The second-order valence-electron chi connectivity index (χ2n) is 4.49. The first-order chi connectivity index (χ1) is 9.76. The molecule has 0 saturated heterocycles. The van der Waals surface area contributed by atoms with Crippen LogP contribution >= 0.6 is 23.4 Å². The lowest BCUT2D eigenvalue weighted by Crippen LogP contribution is -2.12. The number of benzene rings is 1. The fourth-order valence-electron chi connectivity index (χ4n) is 1.79. The lowest BCUT2D eigenvalue weighted by molar-refractivity contribution is -0.133. The summed E-state index contributed by atoms with van der Waals surface area (Å²) >= 11 is 6.96. The van der Waals surface area contributed by atoms with Crippen molar-refractivity contribution in [3.05, 3.63) is 23.2 Å². The highest BCUT2D eigenvalue weighted by molar-refractivity contribution is 7.99. The van der Waals surface area contributed by atoms with E-state index >= 15 is 0 Å². The number of fused-ring (bicyclic) bond motifs is 1. The molecule has 0 spiro atoms. The summed E-state index contributed by atoms with van der Waals surface area (Å²) in [5, 5.41) is 9.76. The molecule has 1 heterocycles. The molecule has 0 radical (unpaired) electrons. The molecule has 21 heavy (non-hydrogen) atoms. The van der Waals surface area contributed by atoms with Crippen molar-refractivity contribution in [2.75, 3.05) is 17.8 Å². The van der Waals surface area contributed by atoms with Crippen LogP contribution in [0.25, 0.3) is 11.0 Å². The average Bonchev–Trinajstić information content (AvgIpc) is 2.69. The zero-order chi connectivity index (χ0) is 15.6. The fraction of sp³-hybridized carbons (Fsp3) is 0.333. The molecule has 0 saturated carbocycles. The topological polar surface area (TPSA) is 89.3 Å². The van der Waals surface area contributed by atoms with Gasteiger partial charge in [0, 0.05) is 17.8 Å². The van der Waals surface area contributed by atoms with Gasteiger partial charge in [-0.25, -0.2) is 13.4 Å². The molecule has 0 aliphatic rings. The van der Waals surface area contributed by atoms with Gasteiger partial charge in [0.25, 0.3) is 0 Å². The van der Waals surface area contributed by atoms with Crippen LogP contribution < -0.4 is 0 Å². The van der Waals surface area contributed by atoms with E-state index in [1.54, 1.807) is 22.8 Å². The number of aromatic nitrogens is 2. The molecule has 6 nitrogen and oxygen atoms in total. The molecular weight excluding hydrogens is 336 g/mol. The van der Waals surface area contributed by atoms with E-state index in [9.17, 15) is 13.2 Å². The lowest BCUT2D eigenvalue weighted by atomic mass is 10.3. The van der Waals surface area contributed by atoms with Gasteiger partial charge in [-0.15, -0.1) is 0 Å². The van der Waals surface area contributed by atoms with Crippen molar-refractivity contribution in [1.82, 2.24) is 9.55 Å². The maximum absolute atomic E-state index is 11.3. The van der Waals surface area contributed by atoms with Gasteiger partial charge in [0.1, 0.15) is 9.84 Å². The smallest absolute Gasteiger partial charge is 0.313 e. The lowest BCUT2D eigenvalue weighted by Gasteiger charge is -2.07. The van der Waals surface area contributed by atoms with E-state index in [1.807, 2.05) is 0 Å². The highest BCUT2D eigenvalue weighted by atomic mass is 35.5. The normalized spacial score (nSPS) is 11.9. The molecular formula is C12H13ClN2O4S2. The molecule has 114 valence electrons. The summed E-state index contributed by atoms with van der Waals surface area (Å²) in [6, 6.07) is 5.10. The van der Waals surface area contributed by atoms with E-state index in [0.29, 0.717) is 15.7 Å². The third-order valence-electron chi connectivity index (χ3n) is 2.69. The number of carbonyl (C=O) groups is 1. The summed E-state index contributed by atoms with van der Waals surface area (Å²) in [6.45, 7) is 0.221. The number of carboxylic acid groups (broad SMARTS) is 1. The van der Waals surface area contributed by atoms with Crippen LogP contribution in [0.3, 0.4) is 0 Å². The third kappa shape index (κ3) is 4.36. The Kier molecular flexibility index (Phi) is 4.80. The molecule has 2 rings (SSSR count). The zero-order valence-corrected chi connectivity index (χ0v) is 13.5. The van der Waals surface area contributed by atoms with Gasteiger partial charge in [0.15, 0.2) is 5.16 Å². The summed E-state index contributed by atoms with van der Waals surface area (Å²) in [7, 11) is -3.13. The second kappa shape index (κ2) is 6.25. The van der Waals surface area contributed by atoms with Crippen LogP contribution in [-0.2, 0) is 21.2 Å². The molecule has 0 amide bonds. The summed E-state index contributed by atoms with van der Waals surface area (Å²) in [5.41, 5.74) is 1.35. The van der Waals surface area contributed by atoms with Crippen LogP contribution in [0.5, 0.6) is 0 Å². The van der Waals surface area contributed by atoms with E-state index in [1.165, 1.54) is 0 Å². The number of nitrogens with zero attached hydrogens (tertiary/aromatic N) is 2. The van der Waals surface area contributed by atoms with E-state index in [-0.39, 0.29) is 18.1 Å². The minimum Gasteiger partial charge on any atom is -0.481 e. The van der Waals surface area contributed by atoms with Crippen molar-refractivity contribution >= 4 is 50.2 Å². The van der Waals surface area contributed by atoms with Crippen LogP contribution in [0, 0.1) is 0 Å². The number of hydrogen-bond acceptors (Lipinski definition) is 5. The first-order valence-corrected chi connectivity index (χ1v) is 9.37. The molecule has 0 fully saturated rings. The Hall–Kier alpha value is -1.25. The van der Waals surface area contributed by atoms with Crippen molar-refractivity contribution in [1.29, 1.82) is 0 Å². The largest absolute Gasteiger partial charge is 0.481 e. The number of hydrogen-bond donors (Lipinski definition) is 1. The van der Waals surface area contributed by atoms with Gasteiger partial charge >= 0.3 is 5.97 Å². The highest BCUT2D eigenvalue weighted by Crippen LogP contribution is 2.26. The monoisotopic (exact) mass is 348 g/mol. The second-order valence-corrected chi connectivity index (χ2v) is 8.13. The van der Waals surface area contributed by atoms with Gasteiger partial charge in [-0.05, 0) is 18.2 Å². The summed E-state index contributed by atoms with van der Waals surface area (Å²) < 4.78 is 24.4. The Labute approximate surface area is 131 Å². The van der Waals surface area contributed by atoms with Crippen molar-refractivity contribution in [2.24, 2.45) is 0 Å². The number of aliphatic carboxylic acids is 1.